The minimum atomic E-state index is -0.557. The van der Waals surface area contributed by atoms with E-state index in [1.807, 2.05) is 62.4 Å². The summed E-state index contributed by atoms with van der Waals surface area (Å²) >= 11 is 0. The fourth-order valence-electron chi connectivity index (χ4n) is 2.18. The molecule has 0 fully saturated rings. The molecule has 0 radical (unpaired) electrons. The van der Waals surface area contributed by atoms with Crippen molar-refractivity contribution in [2.45, 2.75) is 32.9 Å². The number of amides is 1. The fraction of sp³-hybridized carbons (Fsp3) is 0.316. The quantitative estimate of drug-likeness (QED) is 0.885. The third-order valence-corrected chi connectivity index (χ3v) is 3.68. The van der Waals surface area contributed by atoms with E-state index in [2.05, 4.69) is 5.32 Å². The summed E-state index contributed by atoms with van der Waals surface area (Å²) in [6.07, 6.45) is -0.557. The summed E-state index contributed by atoms with van der Waals surface area (Å²) < 4.78 is 10.8. The van der Waals surface area contributed by atoms with E-state index in [-0.39, 0.29) is 11.9 Å². The first-order chi connectivity index (χ1) is 11.0. The molecule has 0 spiro atoms. The van der Waals surface area contributed by atoms with Gasteiger partial charge in [-0.2, -0.15) is 0 Å². The van der Waals surface area contributed by atoms with Crippen molar-refractivity contribution in [1.82, 2.24) is 5.32 Å². The molecule has 1 amide bonds. The SMILES string of the molecule is COc1ccc(C(C)NC(=O)C(C)Oc2ccc(C)cc2)cc1. The maximum Gasteiger partial charge on any atom is 0.261 e. The summed E-state index contributed by atoms with van der Waals surface area (Å²) in [5.41, 5.74) is 2.17. The number of benzene rings is 2. The Bertz CT molecular complexity index is 635. The van der Waals surface area contributed by atoms with Crippen LogP contribution in [0, 0.1) is 6.92 Å². The molecular formula is C19H23NO3. The third kappa shape index (κ3) is 4.74. The number of hydrogen-bond acceptors (Lipinski definition) is 3. The molecule has 2 unspecified atom stereocenters. The van der Waals surface area contributed by atoms with E-state index < -0.39 is 6.10 Å². The Balaban J connectivity index is 1.92. The molecule has 2 aromatic rings. The molecule has 0 aliphatic rings. The normalized spacial score (nSPS) is 13.0. The van der Waals surface area contributed by atoms with Crippen LogP contribution >= 0.6 is 0 Å². The van der Waals surface area contributed by atoms with Gasteiger partial charge in [0.1, 0.15) is 11.5 Å². The minimum Gasteiger partial charge on any atom is -0.497 e. The molecule has 2 atom stereocenters. The maximum absolute atomic E-state index is 12.3. The molecule has 4 nitrogen and oxygen atoms in total. The zero-order chi connectivity index (χ0) is 16.8. The van der Waals surface area contributed by atoms with E-state index in [4.69, 9.17) is 9.47 Å². The van der Waals surface area contributed by atoms with E-state index >= 15 is 0 Å². The fourth-order valence-corrected chi connectivity index (χ4v) is 2.18. The van der Waals surface area contributed by atoms with Crippen molar-refractivity contribution in [2.75, 3.05) is 7.11 Å². The highest BCUT2D eigenvalue weighted by molar-refractivity contribution is 5.81. The number of nitrogens with one attached hydrogen (secondary N) is 1. The molecule has 0 saturated heterocycles. The molecule has 0 aromatic heterocycles. The summed E-state index contributed by atoms with van der Waals surface area (Å²) in [5.74, 6) is 1.34. The largest absolute Gasteiger partial charge is 0.497 e. The highest BCUT2D eigenvalue weighted by Gasteiger charge is 2.17. The lowest BCUT2D eigenvalue weighted by Gasteiger charge is -2.19. The van der Waals surface area contributed by atoms with Gasteiger partial charge in [-0.05, 0) is 50.6 Å². The summed E-state index contributed by atoms with van der Waals surface area (Å²) in [7, 11) is 1.63. The molecule has 122 valence electrons. The number of rotatable bonds is 6. The van der Waals surface area contributed by atoms with Gasteiger partial charge in [0.2, 0.25) is 0 Å². The van der Waals surface area contributed by atoms with Gasteiger partial charge in [0.25, 0.3) is 5.91 Å². The Morgan fingerprint density at radius 3 is 2.09 bits per heavy atom. The molecular weight excluding hydrogens is 290 g/mol. The Hall–Kier alpha value is -2.49. The predicted molar refractivity (Wildman–Crippen MR) is 90.8 cm³/mol. The summed E-state index contributed by atoms with van der Waals surface area (Å²) in [6.45, 7) is 5.70. The molecule has 2 rings (SSSR count). The number of hydrogen-bond donors (Lipinski definition) is 1. The van der Waals surface area contributed by atoms with Crippen molar-refractivity contribution in [3.8, 4) is 11.5 Å². The Kier molecular flexibility index (Phi) is 5.63. The lowest BCUT2D eigenvalue weighted by molar-refractivity contribution is -0.127. The van der Waals surface area contributed by atoms with Crippen LogP contribution in [-0.4, -0.2) is 19.1 Å². The smallest absolute Gasteiger partial charge is 0.261 e. The summed E-state index contributed by atoms with van der Waals surface area (Å²) in [4.78, 5) is 12.3. The molecule has 0 heterocycles. The molecule has 0 aliphatic carbocycles. The van der Waals surface area contributed by atoms with E-state index in [1.54, 1.807) is 14.0 Å². The number of ether oxygens (including phenoxy) is 2. The second-order valence-electron chi connectivity index (χ2n) is 5.58. The molecule has 23 heavy (non-hydrogen) atoms. The van der Waals surface area contributed by atoms with Gasteiger partial charge in [0.15, 0.2) is 6.10 Å². The Labute approximate surface area is 137 Å². The van der Waals surface area contributed by atoms with E-state index in [0.717, 1.165) is 16.9 Å². The van der Waals surface area contributed by atoms with Crippen LogP contribution in [0.15, 0.2) is 48.5 Å². The van der Waals surface area contributed by atoms with Crippen LogP contribution in [0.25, 0.3) is 0 Å². The van der Waals surface area contributed by atoms with Gasteiger partial charge in [0.05, 0.1) is 13.2 Å². The van der Waals surface area contributed by atoms with Crippen molar-refractivity contribution in [1.29, 1.82) is 0 Å². The molecule has 0 bridgehead atoms. The average Bonchev–Trinajstić information content (AvgIpc) is 2.56. The van der Waals surface area contributed by atoms with Crippen LogP contribution in [0.2, 0.25) is 0 Å². The van der Waals surface area contributed by atoms with Gasteiger partial charge in [-0.1, -0.05) is 29.8 Å². The Morgan fingerprint density at radius 1 is 0.957 bits per heavy atom. The van der Waals surface area contributed by atoms with Crippen LogP contribution in [0.5, 0.6) is 11.5 Å². The van der Waals surface area contributed by atoms with Crippen LogP contribution in [0.4, 0.5) is 0 Å². The molecule has 2 aromatic carbocycles. The van der Waals surface area contributed by atoms with Gasteiger partial charge >= 0.3 is 0 Å². The van der Waals surface area contributed by atoms with Crippen molar-refractivity contribution >= 4 is 5.91 Å². The molecule has 0 aliphatic heterocycles. The topological polar surface area (TPSA) is 47.6 Å². The standard InChI is InChI=1S/C19H23NO3/c1-13-5-9-18(10-6-13)23-15(3)19(21)20-14(2)16-7-11-17(22-4)12-8-16/h5-12,14-15H,1-4H3,(H,20,21). The van der Waals surface area contributed by atoms with Gasteiger partial charge in [-0.25, -0.2) is 0 Å². The van der Waals surface area contributed by atoms with Crippen LogP contribution in [0.1, 0.15) is 31.0 Å². The number of carbonyl (C=O) groups excluding carboxylic acids is 1. The summed E-state index contributed by atoms with van der Waals surface area (Å²) in [6, 6.07) is 15.2. The second kappa shape index (κ2) is 7.68. The molecule has 0 saturated carbocycles. The number of aryl methyl sites for hydroxylation is 1. The third-order valence-electron chi connectivity index (χ3n) is 3.68. The van der Waals surface area contributed by atoms with Gasteiger partial charge in [-0.15, -0.1) is 0 Å². The lowest BCUT2D eigenvalue weighted by Crippen LogP contribution is -2.37. The first-order valence-corrected chi connectivity index (χ1v) is 7.67. The zero-order valence-corrected chi connectivity index (χ0v) is 14.0. The first-order valence-electron chi connectivity index (χ1n) is 7.67. The monoisotopic (exact) mass is 313 g/mol. The van der Waals surface area contributed by atoms with Gasteiger partial charge < -0.3 is 14.8 Å². The second-order valence-corrected chi connectivity index (χ2v) is 5.58. The van der Waals surface area contributed by atoms with Crippen molar-refractivity contribution in [3.05, 3.63) is 59.7 Å². The first kappa shape index (κ1) is 16.9. The number of carbonyl (C=O) groups is 1. The van der Waals surface area contributed by atoms with E-state index in [0.29, 0.717) is 5.75 Å². The minimum absolute atomic E-state index is 0.0996. The molecule has 4 heteroatoms. The van der Waals surface area contributed by atoms with Crippen molar-refractivity contribution < 1.29 is 14.3 Å². The lowest BCUT2D eigenvalue weighted by atomic mass is 10.1. The highest BCUT2D eigenvalue weighted by atomic mass is 16.5. The van der Waals surface area contributed by atoms with Crippen molar-refractivity contribution in [3.63, 3.8) is 0 Å². The van der Waals surface area contributed by atoms with Crippen molar-refractivity contribution in [2.24, 2.45) is 0 Å². The zero-order valence-electron chi connectivity index (χ0n) is 14.0. The summed E-state index contributed by atoms with van der Waals surface area (Å²) in [5, 5.41) is 2.96. The van der Waals surface area contributed by atoms with Crippen LogP contribution in [0.3, 0.4) is 0 Å². The Morgan fingerprint density at radius 2 is 1.52 bits per heavy atom. The average molecular weight is 313 g/mol. The molecule has 1 N–H and O–H groups in total. The van der Waals surface area contributed by atoms with Gasteiger partial charge in [0, 0.05) is 0 Å². The van der Waals surface area contributed by atoms with Crippen LogP contribution in [-0.2, 0) is 4.79 Å². The van der Waals surface area contributed by atoms with Gasteiger partial charge in [-0.3, -0.25) is 4.79 Å². The van der Waals surface area contributed by atoms with E-state index in [1.165, 1.54) is 0 Å². The maximum atomic E-state index is 12.3. The van der Waals surface area contributed by atoms with E-state index in [9.17, 15) is 4.79 Å². The predicted octanol–water partition coefficient (Wildman–Crippen LogP) is 3.65. The number of methoxy groups -OCH3 is 1. The highest BCUT2D eigenvalue weighted by Crippen LogP contribution is 2.18. The van der Waals surface area contributed by atoms with Crippen LogP contribution < -0.4 is 14.8 Å².